The van der Waals surface area contributed by atoms with Crippen LogP contribution in [0.3, 0.4) is 0 Å². The quantitative estimate of drug-likeness (QED) is 0.462. The van der Waals surface area contributed by atoms with E-state index >= 15 is 0 Å². The van der Waals surface area contributed by atoms with Gasteiger partial charge in [0.2, 0.25) is 0 Å². The van der Waals surface area contributed by atoms with Gasteiger partial charge in [-0.05, 0) is 6.07 Å². The first kappa shape index (κ1) is 11.4. The Morgan fingerprint density at radius 1 is 1.40 bits per heavy atom. The SMILES string of the molecule is NC(=O)C(=O)N/N=C/c1ccccc1Br. The molecule has 0 saturated carbocycles. The molecule has 0 atom stereocenters. The molecule has 3 N–H and O–H groups in total. The number of rotatable bonds is 2. The van der Waals surface area contributed by atoms with Crippen molar-refractivity contribution in [3.05, 3.63) is 34.3 Å². The molecule has 0 saturated heterocycles. The number of halogens is 1. The molecule has 0 aliphatic rings. The summed E-state index contributed by atoms with van der Waals surface area (Å²) in [5.41, 5.74) is 7.48. The first-order valence-electron chi connectivity index (χ1n) is 3.98. The van der Waals surface area contributed by atoms with Crippen molar-refractivity contribution in [2.45, 2.75) is 0 Å². The van der Waals surface area contributed by atoms with Gasteiger partial charge in [0.1, 0.15) is 0 Å². The molecule has 0 spiro atoms. The Morgan fingerprint density at radius 2 is 2.07 bits per heavy atom. The van der Waals surface area contributed by atoms with E-state index in [1.54, 1.807) is 6.07 Å². The van der Waals surface area contributed by atoms with Crippen LogP contribution in [0.2, 0.25) is 0 Å². The number of hydrogen-bond donors (Lipinski definition) is 2. The van der Waals surface area contributed by atoms with Crippen molar-refractivity contribution in [2.24, 2.45) is 10.8 Å². The fourth-order valence-electron chi connectivity index (χ4n) is 0.795. The minimum atomic E-state index is -1.07. The molecular formula is C9H8BrN3O2. The van der Waals surface area contributed by atoms with E-state index in [0.717, 1.165) is 10.0 Å². The minimum absolute atomic E-state index is 0.780. The highest BCUT2D eigenvalue weighted by Gasteiger charge is 2.05. The molecule has 5 nitrogen and oxygen atoms in total. The third-order valence-corrected chi connectivity index (χ3v) is 2.22. The van der Waals surface area contributed by atoms with E-state index in [2.05, 4.69) is 21.0 Å². The number of nitrogens with two attached hydrogens (primary N) is 1. The molecule has 0 aromatic heterocycles. The molecule has 0 aliphatic heterocycles. The third-order valence-electron chi connectivity index (χ3n) is 1.50. The van der Waals surface area contributed by atoms with Gasteiger partial charge in [-0.2, -0.15) is 5.10 Å². The van der Waals surface area contributed by atoms with Crippen LogP contribution < -0.4 is 11.2 Å². The second-order valence-electron chi connectivity index (χ2n) is 2.58. The Kier molecular flexibility index (Phi) is 3.99. The van der Waals surface area contributed by atoms with Gasteiger partial charge in [0.15, 0.2) is 0 Å². The predicted molar refractivity (Wildman–Crippen MR) is 59.1 cm³/mol. The number of amides is 2. The zero-order valence-electron chi connectivity index (χ0n) is 7.61. The van der Waals surface area contributed by atoms with Gasteiger partial charge < -0.3 is 5.73 Å². The Bertz CT molecular complexity index is 418. The largest absolute Gasteiger partial charge is 0.361 e. The van der Waals surface area contributed by atoms with Crippen molar-refractivity contribution in [1.29, 1.82) is 0 Å². The number of nitrogens with zero attached hydrogens (tertiary/aromatic N) is 1. The van der Waals surface area contributed by atoms with Gasteiger partial charge in [-0.3, -0.25) is 9.59 Å². The number of benzene rings is 1. The molecule has 1 aromatic rings. The summed E-state index contributed by atoms with van der Waals surface area (Å²) in [6, 6.07) is 7.30. The summed E-state index contributed by atoms with van der Waals surface area (Å²) in [7, 11) is 0. The number of hydrogen-bond acceptors (Lipinski definition) is 3. The van der Waals surface area contributed by atoms with E-state index in [4.69, 9.17) is 5.73 Å². The van der Waals surface area contributed by atoms with Crippen molar-refractivity contribution in [3.63, 3.8) is 0 Å². The second kappa shape index (κ2) is 5.26. The van der Waals surface area contributed by atoms with Crippen molar-refractivity contribution in [2.75, 3.05) is 0 Å². The Hall–Kier alpha value is -1.69. The third kappa shape index (κ3) is 3.51. The zero-order valence-corrected chi connectivity index (χ0v) is 9.19. The maximum absolute atomic E-state index is 10.7. The van der Waals surface area contributed by atoms with Crippen molar-refractivity contribution >= 4 is 34.0 Å². The van der Waals surface area contributed by atoms with E-state index in [0.29, 0.717) is 0 Å². The summed E-state index contributed by atoms with van der Waals surface area (Å²) < 4.78 is 0.835. The molecular weight excluding hydrogens is 262 g/mol. The lowest BCUT2D eigenvalue weighted by Crippen LogP contribution is -2.32. The van der Waals surface area contributed by atoms with Gasteiger partial charge in [0, 0.05) is 10.0 Å². The van der Waals surface area contributed by atoms with Crippen LogP contribution in [0.25, 0.3) is 0 Å². The summed E-state index contributed by atoms with van der Waals surface area (Å²) in [5.74, 6) is -2.02. The minimum Gasteiger partial charge on any atom is -0.361 e. The van der Waals surface area contributed by atoms with Crippen LogP contribution in [0.15, 0.2) is 33.8 Å². The van der Waals surface area contributed by atoms with Crippen molar-refractivity contribution in [3.8, 4) is 0 Å². The van der Waals surface area contributed by atoms with Crippen LogP contribution in [0.5, 0.6) is 0 Å². The van der Waals surface area contributed by atoms with Gasteiger partial charge in [-0.1, -0.05) is 34.1 Å². The average Bonchev–Trinajstić information content (AvgIpc) is 2.20. The average molecular weight is 270 g/mol. The standard InChI is InChI=1S/C9H8BrN3O2/c10-7-4-2-1-3-6(7)5-12-13-9(15)8(11)14/h1-5H,(H2,11,14)(H,13,15)/b12-5+. The van der Waals surface area contributed by atoms with E-state index in [9.17, 15) is 9.59 Å². The number of carbonyl (C=O) groups excluding carboxylic acids is 2. The molecule has 2 amide bonds. The fraction of sp³-hybridized carbons (Fsp3) is 0. The highest BCUT2D eigenvalue weighted by molar-refractivity contribution is 9.10. The zero-order chi connectivity index (χ0) is 11.3. The summed E-state index contributed by atoms with van der Waals surface area (Å²) in [6.45, 7) is 0. The normalized spacial score (nSPS) is 10.2. The predicted octanol–water partition coefficient (Wildman–Crippen LogP) is 0.385. The number of hydrazone groups is 1. The maximum atomic E-state index is 10.7. The summed E-state index contributed by atoms with van der Waals surface area (Å²) in [4.78, 5) is 21.0. The molecule has 1 rings (SSSR count). The molecule has 15 heavy (non-hydrogen) atoms. The molecule has 0 fully saturated rings. The number of nitrogens with one attached hydrogen (secondary N) is 1. The first-order chi connectivity index (χ1) is 7.11. The van der Waals surface area contributed by atoms with Crippen LogP contribution in [0.4, 0.5) is 0 Å². The summed E-state index contributed by atoms with van der Waals surface area (Å²) in [5, 5.41) is 3.57. The van der Waals surface area contributed by atoms with Gasteiger partial charge in [-0.15, -0.1) is 0 Å². The lowest BCUT2D eigenvalue weighted by molar-refractivity contribution is -0.137. The van der Waals surface area contributed by atoms with E-state index < -0.39 is 11.8 Å². The first-order valence-corrected chi connectivity index (χ1v) is 4.78. The highest BCUT2D eigenvalue weighted by atomic mass is 79.9. The molecule has 0 bridgehead atoms. The van der Waals surface area contributed by atoms with Crippen LogP contribution in [-0.4, -0.2) is 18.0 Å². The Balaban J connectivity index is 2.63. The van der Waals surface area contributed by atoms with E-state index in [1.807, 2.05) is 23.6 Å². The molecule has 0 radical (unpaired) electrons. The van der Waals surface area contributed by atoms with Crippen molar-refractivity contribution in [1.82, 2.24) is 5.43 Å². The van der Waals surface area contributed by atoms with Gasteiger partial charge in [0.25, 0.3) is 0 Å². The molecule has 0 unspecified atom stereocenters. The van der Waals surface area contributed by atoms with E-state index in [1.165, 1.54) is 6.21 Å². The van der Waals surface area contributed by atoms with Gasteiger partial charge >= 0.3 is 11.8 Å². The lowest BCUT2D eigenvalue weighted by atomic mass is 10.2. The number of carbonyl (C=O) groups is 2. The monoisotopic (exact) mass is 269 g/mol. The Morgan fingerprint density at radius 3 is 2.67 bits per heavy atom. The molecule has 6 heteroatoms. The van der Waals surface area contributed by atoms with E-state index in [-0.39, 0.29) is 0 Å². The topological polar surface area (TPSA) is 84.5 Å². The smallest absolute Gasteiger partial charge is 0.329 e. The summed E-state index contributed by atoms with van der Waals surface area (Å²) >= 11 is 3.30. The van der Waals surface area contributed by atoms with Crippen LogP contribution >= 0.6 is 15.9 Å². The second-order valence-corrected chi connectivity index (χ2v) is 3.44. The Labute approximate surface area is 94.5 Å². The van der Waals surface area contributed by atoms with Crippen LogP contribution in [0, 0.1) is 0 Å². The van der Waals surface area contributed by atoms with Gasteiger partial charge in [0.05, 0.1) is 6.21 Å². The number of primary amides is 1. The molecule has 78 valence electrons. The maximum Gasteiger partial charge on any atom is 0.329 e. The molecule has 0 heterocycles. The lowest BCUT2D eigenvalue weighted by Gasteiger charge is -1.96. The van der Waals surface area contributed by atoms with Crippen molar-refractivity contribution < 1.29 is 9.59 Å². The van der Waals surface area contributed by atoms with Gasteiger partial charge in [-0.25, -0.2) is 5.43 Å². The fourth-order valence-corrected chi connectivity index (χ4v) is 1.18. The summed E-state index contributed by atoms with van der Waals surface area (Å²) in [6.07, 6.45) is 1.41. The molecule has 1 aromatic carbocycles. The molecule has 0 aliphatic carbocycles. The highest BCUT2D eigenvalue weighted by Crippen LogP contribution is 2.13. The van der Waals surface area contributed by atoms with Crippen LogP contribution in [-0.2, 0) is 9.59 Å². The van der Waals surface area contributed by atoms with Crippen LogP contribution in [0.1, 0.15) is 5.56 Å².